The van der Waals surface area contributed by atoms with E-state index in [0.29, 0.717) is 0 Å². The first-order valence-corrected chi connectivity index (χ1v) is 42.4. The first-order valence-electron chi connectivity index (χ1n) is 14.1. The van der Waals surface area contributed by atoms with Gasteiger partial charge < -0.3 is 46.6 Å². The monoisotopic (exact) mass is 758 g/mol. The summed E-state index contributed by atoms with van der Waals surface area (Å²) in [6.07, 6.45) is 0. The van der Waals surface area contributed by atoms with Crippen molar-refractivity contribution >= 4 is 85.6 Å². The van der Waals surface area contributed by atoms with Crippen LogP contribution in [0.2, 0.25) is 131 Å². The molecule has 0 aromatic carbocycles. The van der Waals surface area contributed by atoms with Crippen LogP contribution >= 0.6 is 0 Å². The lowest BCUT2D eigenvalue weighted by atomic mass is 11.8. The average Bonchev–Trinajstić information content (AvgIpc) is 2.37. The molecule has 0 aliphatic heterocycles. The maximum atomic E-state index is 9.83. The van der Waals surface area contributed by atoms with Crippen molar-refractivity contribution in [2.45, 2.75) is 131 Å². The summed E-state index contributed by atoms with van der Waals surface area (Å²) in [5, 5.41) is 0. The summed E-state index contributed by atoms with van der Waals surface area (Å²) in [6.45, 7) is 39.6. The van der Waals surface area contributed by atoms with Crippen LogP contribution in [-0.2, 0) is 37.0 Å². The maximum absolute atomic E-state index is 9.83. The molecule has 248 valence electrons. The lowest BCUT2D eigenvalue weighted by Crippen LogP contribution is -2.62. The molecule has 0 heterocycles. The van der Waals surface area contributed by atoms with Crippen molar-refractivity contribution in [1.29, 1.82) is 0 Å². The minimum Gasteiger partial charge on any atom is -0.437 e. The van der Waals surface area contributed by atoms with Gasteiger partial charge in [-0.1, -0.05) is 0 Å². The van der Waals surface area contributed by atoms with E-state index in [4.69, 9.17) is 37.0 Å². The molecule has 41 heavy (non-hydrogen) atoms. The molecular formula is C20H62O11Si10. The lowest BCUT2D eigenvalue weighted by molar-refractivity contribution is 0.212. The van der Waals surface area contributed by atoms with E-state index in [1.54, 1.807) is 13.1 Å². The van der Waals surface area contributed by atoms with Gasteiger partial charge in [-0.05, 0) is 124 Å². The predicted molar refractivity (Wildman–Crippen MR) is 189 cm³/mol. The van der Waals surface area contributed by atoms with E-state index < -0.39 is 85.6 Å². The number of rotatable bonds is 18. The summed E-state index contributed by atoms with van der Waals surface area (Å²) in [4.78, 5) is 19.7. The fourth-order valence-corrected chi connectivity index (χ4v) is 52.6. The lowest BCUT2D eigenvalue weighted by Gasteiger charge is -2.44. The quantitative estimate of drug-likeness (QED) is 0.157. The Hall–Kier alpha value is 1.73. The molecule has 0 radical (unpaired) electrons. The summed E-state index contributed by atoms with van der Waals surface area (Å²) in [5.41, 5.74) is 0. The zero-order valence-electron chi connectivity index (χ0n) is 29.6. The minimum atomic E-state index is -3.73. The topological polar surface area (TPSA) is 124 Å². The van der Waals surface area contributed by atoms with E-state index in [-0.39, 0.29) is 0 Å². The van der Waals surface area contributed by atoms with Gasteiger partial charge in [0.1, 0.15) is 0 Å². The summed E-state index contributed by atoms with van der Waals surface area (Å²) < 4.78 is 57.8. The first-order chi connectivity index (χ1) is 17.4. The molecule has 0 aliphatic rings. The van der Waals surface area contributed by atoms with Crippen LogP contribution in [0.5, 0.6) is 0 Å². The van der Waals surface area contributed by atoms with Gasteiger partial charge in [0.05, 0.1) is 0 Å². The highest BCUT2D eigenvalue weighted by atomic mass is 28.5. The van der Waals surface area contributed by atoms with Crippen molar-refractivity contribution in [2.24, 2.45) is 0 Å². The van der Waals surface area contributed by atoms with Gasteiger partial charge in [0.25, 0.3) is 0 Å². The molecule has 0 aromatic heterocycles. The Morgan fingerprint density at radius 2 is 0.390 bits per heavy atom. The van der Waals surface area contributed by atoms with Gasteiger partial charge in [-0.15, -0.1) is 0 Å². The average molecular weight is 760 g/mol. The van der Waals surface area contributed by atoms with Gasteiger partial charge in [0.2, 0.25) is 0 Å². The van der Waals surface area contributed by atoms with Crippen molar-refractivity contribution in [1.82, 2.24) is 0 Å². The van der Waals surface area contributed by atoms with Crippen LogP contribution < -0.4 is 0 Å². The van der Waals surface area contributed by atoms with Crippen LogP contribution in [0.4, 0.5) is 0 Å². The zero-order chi connectivity index (χ0) is 33.4. The van der Waals surface area contributed by atoms with Crippen LogP contribution in [0, 0.1) is 0 Å². The van der Waals surface area contributed by atoms with E-state index in [9.17, 15) is 9.59 Å². The van der Waals surface area contributed by atoms with Crippen molar-refractivity contribution < 1.29 is 46.6 Å². The van der Waals surface area contributed by atoms with Gasteiger partial charge in [-0.25, -0.2) is 0 Å². The Balaban J connectivity index is 5.43. The van der Waals surface area contributed by atoms with Gasteiger partial charge in [0, 0.05) is 6.55 Å². The third-order valence-electron chi connectivity index (χ3n) is 4.43. The smallest absolute Gasteiger partial charge is 0.437 e. The second-order valence-electron chi connectivity index (χ2n) is 15.2. The fraction of sp³-hybridized carbons (Fsp3) is 1.00. The Morgan fingerprint density at radius 1 is 0.244 bits per heavy atom. The number of hydrogen-bond donors (Lipinski definition) is 2. The van der Waals surface area contributed by atoms with Crippen LogP contribution in [0.3, 0.4) is 0 Å². The van der Waals surface area contributed by atoms with Gasteiger partial charge in [0.15, 0.2) is 8.32 Å². The summed E-state index contributed by atoms with van der Waals surface area (Å²) in [6, 6.07) is 0. The molecule has 0 bridgehead atoms. The molecular weight excluding hydrogens is 697 g/mol. The van der Waals surface area contributed by atoms with E-state index in [0.717, 1.165) is 0 Å². The van der Waals surface area contributed by atoms with Crippen LogP contribution in [-0.4, -0.2) is 95.2 Å². The Labute approximate surface area is 262 Å². The molecule has 0 unspecified atom stereocenters. The molecule has 0 aliphatic carbocycles. The molecule has 21 heteroatoms. The predicted octanol–water partition coefficient (Wildman–Crippen LogP) is 6.14. The molecule has 0 aromatic rings. The van der Waals surface area contributed by atoms with Gasteiger partial charge in [-0.3, -0.25) is 0 Å². The Bertz CT molecular complexity index is 786. The third kappa shape index (κ3) is 21.2. The molecule has 0 rings (SSSR count). The first kappa shape index (κ1) is 42.7. The van der Waals surface area contributed by atoms with E-state index in [1.165, 1.54) is 6.55 Å². The highest BCUT2D eigenvalue weighted by Gasteiger charge is 2.50. The normalized spacial score (nSPS) is 16.0. The molecule has 2 N–H and O–H groups in total. The minimum absolute atomic E-state index is 1.30. The molecule has 0 amide bonds. The summed E-state index contributed by atoms with van der Waals surface area (Å²) in [7, 11) is -26.7. The number of hydrogen-bond acceptors (Lipinski definition) is 11. The molecule has 0 fully saturated rings. The van der Waals surface area contributed by atoms with Crippen molar-refractivity contribution in [3.8, 4) is 0 Å². The second kappa shape index (κ2) is 13.8. The van der Waals surface area contributed by atoms with Crippen molar-refractivity contribution in [3.63, 3.8) is 0 Å². The van der Waals surface area contributed by atoms with Crippen LogP contribution in [0.15, 0.2) is 0 Å². The fourth-order valence-electron chi connectivity index (χ4n) is 5.51. The molecule has 0 atom stereocenters. The highest BCUT2D eigenvalue weighted by Crippen LogP contribution is 2.30. The third-order valence-corrected chi connectivity index (χ3v) is 39.9. The van der Waals surface area contributed by atoms with E-state index in [1.807, 2.05) is 65.5 Å². The molecule has 11 nitrogen and oxygen atoms in total. The second-order valence-corrected chi connectivity index (χ2v) is 51.0. The van der Waals surface area contributed by atoms with Gasteiger partial charge in [-0.2, -0.15) is 0 Å². The standard InChI is InChI=1S/C20H62O11Si10/c1-32(2,3)23-33(4,5)24-34(6,7)25-35(8,9)26-36(10,11)27-37(12,13)28-38(14,15)29-39(16,17)30-40(18,19)31-41(20,21)22/h21-22H,1-20H3. The van der Waals surface area contributed by atoms with Crippen molar-refractivity contribution in [2.75, 3.05) is 0 Å². The SMILES string of the molecule is C[Si](C)(C)O[Si](C)(C)O[Si](C)(C)O[Si](C)(C)O[Si](C)(C)O[Si](C)(C)O[Si](C)(C)O[Si](C)(C)O[Si](C)(C)O[Si](C)(O)O. The van der Waals surface area contributed by atoms with Crippen LogP contribution in [0.1, 0.15) is 0 Å². The van der Waals surface area contributed by atoms with Crippen LogP contribution in [0.25, 0.3) is 0 Å². The molecule has 0 saturated heterocycles. The summed E-state index contributed by atoms with van der Waals surface area (Å²) in [5.74, 6) is 0. The summed E-state index contributed by atoms with van der Waals surface area (Å²) >= 11 is 0. The Kier molecular flexibility index (Phi) is 14.4. The maximum Gasteiger partial charge on any atom is 0.483 e. The Morgan fingerprint density at radius 3 is 0.537 bits per heavy atom. The van der Waals surface area contributed by atoms with Crippen molar-refractivity contribution in [3.05, 3.63) is 0 Å². The molecule has 0 saturated carbocycles. The van der Waals surface area contributed by atoms with Gasteiger partial charge >= 0.3 is 77.3 Å². The van der Waals surface area contributed by atoms with E-state index >= 15 is 0 Å². The highest BCUT2D eigenvalue weighted by molar-refractivity contribution is 6.92. The largest absolute Gasteiger partial charge is 0.483 e. The zero-order valence-corrected chi connectivity index (χ0v) is 39.6. The van der Waals surface area contributed by atoms with E-state index in [2.05, 4.69) is 45.8 Å². The molecule has 0 spiro atoms.